The van der Waals surface area contributed by atoms with E-state index in [1.54, 1.807) is 11.8 Å². The van der Waals surface area contributed by atoms with Gasteiger partial charge in [0.2, 0.25) is 0 Å². The number of benzene rings is 1. The van der Waals surface area contributed by atoms with Crippen molar-refractivity contribution in [2.24, 2.45) is 5.41 Å². The summed E-state index contributed by atoms with van der Waals surface area (Å²) in [6, 6.07) is 7.71. The molecular formula is C20H28N2O5S. The number of cyclic esters (lactones) is 1. The van der Waals surface area contributed by atoms with Crippen LogP contribution in [0.2, 0.25) is 0 Å². The van der Waals surface area contributed by atoms with Crippen molar-refractivity contribution in [3.63, 3.8) is 0 Å². The number of carbonyl (C=O) groups is 3. The van der Waals surface area contributed by atoms with E-state index in [1.165, 1.54) is 0 Å². The summed E-state index contributed by atoms with van der Waals surface area (Å²) in [4.78, 5) is 38.6. The highest BCUT2D eigenvalue weighted by molar-refractivity contribution is 7.98. The summed E-state index contributed by atoms with van der Waals surface area (Å²) in [6.07, 6.45) is 4.12. The maximum atomic E-state index is 12.9. The average Bonchev–Trinajstić information content (AvgIpc) is 2.96. The van der Waals surface area contributed by atoms with Crippen molar-refractivity contribution >= 4 is 30.1 Å². The van der Waals surface area contributed by atoms with E-state index in [0.717, 1.165) is 23.4 Å². The second kappa shape index (κ2) is 9.93. The van der Waals surface area contributed by atoms with Gasteiger partial charge in [-0.25, -0.2) is 0 Å². The topological polar surface area (TPSA) is 87.2 Å². The van der Waals surface area contributed by atoms with Gasteiger partial charge in [-0.3, -0.25) is 14.4 Å². The molecule has 7 nitrogen and oxygen atoms in total. The molecular weight excluding hydrogens is 380 g/mol. The van der Waals surface area contributed by atoms with Crippen LogP contribution in [0.3, 0.4) is 0 Å². The first-order chi connectivity index (χ1) is 13.4. The molecule has 1 aromatic rings. The highest BCUT2D eigenvalue weighted by atomic mass is 32.2. The standard InChI is InChI=1S/C19H26N2O3S.CH2O2/c1-20(2)13-14-12-19(18(23)24-14)8-10-21(11-9-19)17(22)15-6-4-5-7-16(15)25-3;2-1-3/h4-7,14H,8-13H2,1-3H3;1H,(H,2,3). The predicted molar refractivity (Wildman–Crippen MR) is 108 cm³/mol. The third-order valence-corrected chi connectivity index (χ3v) is 6.03. The number of rotatable bonds is 4. The Morgan fingerprint density at radius 3 is 2.54 bits per heavy atom. The zero-order valence-electron chi connectivity index (χ0n) is 16.6. The molecule has 1 amide bonds. The zero-order valence-corrected chi connectivity index (χ0v) is 17.4. The van der Waals surface area contributed by atoms with Crippen LogP contribution in [0.1, 0.15) is 29.6 Å². The van der Waals surface area contributed by atoms with Crippen LogP contribution >= 0.6 is 11.8 Å². The Hall–Kier alpha value is -2.06. The number of ether oxygens (including phenoxy) is 1. The number of amides is 1. The number of piperidine rings is 1. The molecule has 2 aliphatic heterocycles. The van der Waals surface area contributed by atoms with Crippen LogP contribution in [-0.2, 0) is 14.3 Å². The van der Waals surface area contributed by atoms with E-state index in [4.69, 9.17) is 14.6 Å². The fourth-order valence-corrected chi connectivity index (χ4v) is 4.47. The van der Waals surface area contributed by atoms with Gasteiger partial charge in [0, 0.05) is 31.0 Å². The molecule has 1 N–H and O–H groups in total. The van der Waals surface area contributed by atoms with Crippen molar-refractivity contribution in [2.45, 2.75) is 30.3 Å². The third kappa shape index (κ3) is 5.05. The van der Waals surface area contributed by atoms with Gasteiger partial charge in [-0.15, -0.1) is 11.8 Å². The Balaban J connectivity index is 0.000000878. The van der Waals surface area contributed by atoms with E-state index in [9.17, 15) is 9.59 Å². The Kier molecular flexibility index (Phi) is 7.88. The number of esters is 1. The summed E-state index contributed by atoms with van der Waals surface area (Å²) in [5, 5.41) is 6.89. The lowest BCUT2D eigenvalue weighted by atomic mass is 9.76. The van der Waals surface area contributed by atoms with E-state index in [1.807, 2.05) is 49.5 Å². The minimum atomic E-state index is -0.392. The molecule has 3 rings (SSSR count). The van der Waals surface area contributed by atoms with Crippen LogP contribution < -0.4 is 0 Å². The van der Waals surface area contributed by atoms with Gasteiger partial charge in [0.15, 0.2) is 0 Å². The van der Waals surface area contributed by atoms with Crippen molar-refractivity contribution in [1.82, 2.24) is 9.80 Å². The highest BCUT2D eigenvalue weighted by Gasteiger charge is 2.50. The van der Waals surface area contributed by atoms with Crippen LogP contribution in [0.25, 0.3) is 0 Å². The summed E-state index contributed by atoms with van der Waals surface area (Å²) >= 11 is 1.59. The quantitative estimate of drug-likeness (QED) is 0.464. The first-order valence-electron chi connectivity index (χ1n) is 9.23. The summed E-state index contributed by atoms with van der Waals surface area (Å²) in [6.45, 7) is 1.74. The molecule has 1 aromatic carbocycles. The molecule has 0 radical (unpaired) electrons. The first-order valence-corrected chi connectivity index (χ1v) is 10.5. The highest BCUT2D eigenvalue weighted by Crippen LogP contribution is 2.43. The number of carbonyl (C=O) groups excluding carboxylic acids is 2. The largest absolute Gasteiger partial charge is 0.483 e. The number of likely N-dealkylation sites (tertiary alicyclic amines) is 1. The minimum Gasteiger partial charge on any atom is -0.483 e. The van der Waals surface area contributed by atoms with Crippen LogP contribution in [0.15, 0.2) is 29.2 Å². The van der Waals surface area contributed by atoms with E-state index < -0.39 is 5.41 Å². The number of likely N-dealkylation sites (N-methyl/N-ethyl adjacent to an activating group) is 1. The fraction of sp³-hybridized carbons (Fsp3) is 0.550. The van der Waals surface area contributed by atoms with Crippen molar-refractivity contribution in [2.75, 3.05) is 40.0 Å². The van der Waals surface area contributed by atoms with Gasteiger partial charge < -0.3 is 19.6 Å². The van der Waals surface area contributed by atoms with Gasteiger partial charge in [0.25, 0.3) is 12.4 Å². The van der Waals surface area contributed by atoms with Crippen LogP contribution in [0.4, 0.5) is 0 Å². The predicted octanol–water partition coefficient (Wildman–Crippen LogP) is 2.21. The average molecular weight is 409 g/mol. The van der Waals surface area contributed by atoms with Gasteiger partial charge >= 0.3 is 5.97 Å². The Morgan fingerprint density at radius 2 is 1.96 bits per heavy atom. The molecule has 8 heteroatoms. The lowest BCUT2D eigenvalue weighted by Gasteiger charge is -2.36. The molecule has 1 atom stereocenters. The van der Waals surface area contributed by atoms with E-state index >= 15 is 0 Å². The maximum absolute atomic E-state index is 12.9. The van der Waals surface area contributed by atoms with Gasteiger partial charge in [0.05, 0.1) is 11.0 Å². The van der Waals surface area contributed by atoms with Crippen molar-refractivity contribution in [3.8, 4) is 0 Å². The van der Waals surface area contributed by atoms with Crippen LogP contribution in [0, 0.1) is 5.41 Å². The Morgan fingerprint density at radius 1 is 1.36 bits per heavy atom. The van der Waals surface area contributed by atoms with Crippen LogP contribution in [0.5, 0.6) is 0 Å². The molecule has 2 saturated heterocycles. The van der Waals surface area contributed by atoms with E-state index in [0.29, 0.717) is 25.9 Å². The fourth-order valence-electron chi connectivity index (χ4n) is 3.88. The molecule has 154 valence electrons. The SMILES string of the molecule is CSc1ccccc1C(=O)N1CCC2(CC1)CC(CN(C)C)OC2=O.O=CO. The Bertz CT molecular complexity index is 702. The van der Waals surface area contributed by atoms with Gasteiger partial charge in [-0.2, -0.15) is 0 Å². The second-order valence-corrected chi connectivity index (χ2v) is 8.22. The number of carboxylic acid groups (broad SMARTS) is 1. The molecule has 2 fully saturated rings. The summed E-state index contributed by atoms with van der Waals surface area (Å²) < 4.78 is 5.59. The molecule has 1 unspecified atom stereocenters. The minimum absolute atomic E-state index is 0.0260. The molecule has 0 aliphatic carbocycles. The monoisotopic (exact) mass is 408 g/mol. The van der Waals surface area contributed by atoms with E-state index in [2.05, 4.69) is 4.90 Å². The normalized spacial score (nSPS) is 20.5. The number of nitrogens with zero attached hydrogens (tertiary/aromatic N) is 2. The summed E-state index contributed by atoms with van der Waals surface area (Å²) in [7, 11) is 3.98. The van der Waals surface area contributed by atoms with Gasteiger partial charge in [-0.1, -0.05) is 12.1 Å². The number of hydrogen-bond donors (Lipinski definition) is 1. The van der Waals surface area contributed by atoms with Gasteiger partial charge in [-0.05, 0) is 45.3 Å². The molecule has 2 aliphatic rings. The molecule has 2 heterocycles. The smallest absolute Gasteiger partial charge is 0.312 e. The summed E-state index contributed by atoms with van der Waals surface area (Å²) in [5.74, 6) is -0.00744. The molecule has 0 aromatic heterocycles. The Labute approximate surface area is 170 Å². The lowest BCUT2D eigenvalue weighted by Crippen LogP contribution is -2.45. The number of hydrogen-bond acceptors (Lipinski definition) is 6. The summed E-state index contributed by atoms with van der Waals surface area (Å²) in [5.41, 5.74) is 0.363. The van der Waals surface area contributed by atoms with E-state index in [-0.39, 0.29) is 24.5 Å². The number of thioether (sulfide) groups is 1. The molecule has 0 bridgehead atoms. The van der Waals surface area contributed by atoms with Crippen molar-refractivity contribution < 1.29 is 24.2 Å². The van der Waals surface area contributed by atoms with Gasteiger partial charge in [0.1, 0.15) is 6.10 Å². The lowest BCUT2D eigenvalue weighted by molar-refractivity contribution is -0.150. The van der Waals surface area contributed by atoms with Crippen molar-refractivity contribution in [3.05, 3.63) is 29.8 Å². The molecule has 28 heavy (non-hydrogen) atoms. The maximum Gasteiger partial charge on any atom is 0.312 e. The molecule has 0 saturated carbocycles. The molecule has 1 spiro atoms. The second-order valence-electron chi connectivity index (χ2n) is 7.37. The van der Waals surface area contributed by atoms with Crippen molar-refractivity contribution in [1.29, 1.82) is 0 Å². The first kappa shape index (κ1) is 22.2. The zero-order chi connectivity index (χ0) is 20.7. The van der Waals surface area contributed by atoms with Crippen LogP contribution in [-0.4, -0.2) is 79.3 Å². The third-order valence-electron chi connectivity index (χ3n) is 5.24.